The molecule has 0 aromatic heterocycles. The summed E-state index contributed by atoms with van der Waals surface area (Å²) < 4.78 is 42.7. The summed E-state index contributed by atoms with van der Waals surface area (Å²) in [6.45, 7) is 4.77. The molecular formula is C15H16F3NO4. The number of ether oxygens (including phenoxy) is 1. The van der Waals surface area contributed by atoms with Crippen molar-refractivity contribution in [2.24, 2.45) is 0 Å². The molecule has 1 aliphatic carbocycles. The fourth-order valence-electron chi connectivity index (χ4n) is 2.42. The lowest BCUT2D eigenvalue weighted by molar-refractivity contribution is -0.527. The van der Waals surface area contributed by atoms with E-state index in [4.69, 9.17) is 4.74 Å². The number of hydrogen-bond acceptors (Lipinski definition) is 4. The van der Waals surface area contributed by atoms with Crippen molar-refractivity contribution < 1.29 is 27.6 Å². The molecule has 0 N–H and O–H groups in total. The van der Waals surface area contributed by atoms with Crippen LogP contribution in [-0.2, 0) is 15.7 Å². The van der Waals surface area contributed by atoms with Gasteiger partial charge in [0, 0.05) is 11.3 Å². The first-order valence-electron chi connectivity index (χ1n) is 6.93. The van der Waals surface area contributed by atoms with Crippen LogP contribution in [0.2, 0.25) is 0 Å². The van der Waals surface area contributed by atoms with Crippen LogP contribution in [0.1, 0.15) is 44.2 Å². The Kier molecular flexibility index (Phi) is 3.90. The number of hydrogen-bond donors (Lipinski definition) is 0. The predicted molar refractivity (Wildman–Crippen MR) is 74.4 cm³/mol. The maximum absolute atomic E-state index is 12.5. The summed E-state index contributed by atoms with van der Waals surface area (Å²) in [5.41, 5.74) is -3.31. The zero-order valence-corrected chi connectivity index (χ0v) is 12.8. The van der Waals surface area contributed by atoms with Crippen LogP contribution in [0.15, 0.2) is 24.3 Å². The molecule has 0 bridgehead atoms. The maximum atomic E-state index is 12.5. The number of halogens is 3. The summed E-state index contributed by atoms with van der Waals surface area (Å²) in [5, 5.41) is 11.3. The first-order chi connectivity index (χ1) is 10.4. The summed E-state index contributed by atoms with van der Waals surface area (Å²) in [4.78, 5) is 22.8. The molecule has 1 fully saturated rings. The van der Waals surface area contributed by atoms with E-state index in [1.807, 2.05) is 0 Å². The van der Waals surface area contributed by atoms with Crippen LogP contribution in [0.25, 0.3) is 0 Å². The summed E-state index contributed by atoms with van der Waals surface area (Å²) in [6, 6.07) is 4.05. The van der Waals surface area contributed by atoms with E-state index in [0.29, 0.717) is 5.56 Å². The molecule has 2 atom stereocenters. The molecule has 23 heavy (non-hydrogen) atoms. The summed E-state index contributed by atoms with van der Waals surface area (Å²) >= 11 is 0. The highest BCUT2D eigenvalue weighted by atomic mass is 19.4. The Hall–Kier alpha value is -2.12. The van der Waals surface area contributed by atoms with Gasteiger partial charge in [0.1, 0.15) is 5.60 Å². The molecule has 0 saturated heterocycles. The second-order valence-electron chi connectivity index (χ2n) is 6.56. The molecule has 0 amide bonds. The van der Waals surface area contributed by atoms with E-state index in [2.05, 4.69) is 0 Å². The zero-order chi connectivity index (χ0) is 17.6. The van der Waals surface area contributed by atoms with Gasteiger partial charge < -0.3 is 4.74 Å². The van der Waals surface area contributed by atoms with E-state index < -0.39 is 39.7 Å². The summed E-state index contributed by atoms with van der Waals surface area (Å²) in [6.07, 6.45) is -4.56. The number of alkyl halides is 3. The highest BCUT2D eigenvalue weighted by molar-refractivity contribution is 5.85. The van der Waals surface area contributed by atoms with E-state index in [0.717, 1.165) is 12.1 Å². The van der Waals surface area contributed by atoms with Crippen molar-refractivity contribution in [3.05, 3.63) is 45.5 Å². The van der Waals surface area contributed by atoms with Crippen molar-refractivity contribution in [3.63, 3.8) is 0 Å². The number of carbonyl (C=O) groups excluding carboxylic acids is 1. The van der Waals surface area contributed by atoms with Gasteiger partial charge in [0.25, 0.3) is 0 Å². The average molecular weight is 331 g/mol. The molecule has 1 aliphatic rings. The molecule has 2 rings (SSSR count). The van der Waals surface area contributed by atoms with E-state index >= 15 is 0 Å². The number of benzene rings is 1. The number of esters is 1. The van der Waals surface area contributed by atoms with Crippen LogP contribution in [0.5, 0.6) is 0 Å². The molecule has 0 spiro atoms. The minimum atomic E-state index is -4.48. The number of nitrogens with zero attached hydrogens (tertiary/aromatic N) is 1. The predicted octanol–water partition coefficient (Wildman–Crippen LogP) is 3.55. The van der Waals surface area contributed by atoms with Gasteiger partial charge in [-0.3, -0.25) is 10.1 Å². The Labute approximate surface area is 130 Å². The third-order valence-corrected chi connectivity index (χ3v) is 3.65. The highest BCUT2D eigenvalue weighted by Crippen LogP contribution is 2.55. The molecule has 0 unspecified atom stereocenters. The first kappa shape index (κ1) is 17.2. The number of rotatable bonds is 3. The van der Waals surface area contributed by atoms with Gasteiger partial charge in [-0.05, 0) is 38.5 Å². The second kappa shape index (κ2) is 5.21. The molecular weight excluding hydrogens is 315 g/mol. The maximum Gasteiger partial charge on any atom is 0.416 e. The Morgan fingerprint density at radius 1 is 1.26 bits per heavy atom. The Bertz CT molecular complexity index is 634. The van der Waals surface area contributed by atoms with Gasteiger partial charge >= 0.3 is 17.7 Å². The Morgan fingerprint density at radius 3 is 2.17 bits per heavy atom. The molecule has 126 valence electrons. The lowest BCUT2D eigenvalue weighted by Crippen LogP contribution is -2.39. The molecule has 1 aromatic carbocycles. The fraction of sp³-hybridized carbons (Fsp3) is 0.533. The lowest BCUT2D eigenvalue weighted by atomic mass is 10.0. The van der Waals surface area contributed by atoms with Gasteiger partial charge in [-0.25, -0.2) is 4.79 Å². The first-order valence-corrected chi connectivity index (χ1v) is 6.93. The Balaban J connectivity index is 2.25. The summed E-state index contributed by atoms with van der Waals surface area (Å²) in [5.74, 6) is -1.74. The van der Waals surface area contributed by atoms with Gasteiger partial charge in [0.15, 0.2) is 0 Å². The fourth-order valence-corrected chi connectivity index (χ4v) is 2.42. The largest absolute Gasteiger partial charge is 0.455 e. The van der Waals surface area contributed by atoms with E-state index in [9.17, 15) is 28.1 Å². The summed E-state index contributed by atoms with van der Waals surface area (Å²) in [7, 11) is 0. The molecule has 0 radical (unpaired) electrons. The minimum absolute atomic E-state index is 0.0831. The molecule has 0 aliphatic heterocycles. The lowest BCUT2D eigenvalue weighted by Gasteiger charge is -2.21. The van der Waals surface area contributed by atoms with E-state index in [1.54, 1.807) is 20.8 Å². The SMILES string of the molecule is CC(C)(C)OC(=O)[C@]1([N+](=O)[O-])C[C@H]1c1ccc(C(F)(F)F)cc1. The average Bonchev–Trinajstić information content (AvgIpc) is 3.12. The van der Waals surface area contributed by atoms with Crippen LogP contribution in [0.3, 0.4) is 0 Å². The molecule has 8 heteroatoms. The third-order valence-electron chi connectivity index (χ3n) is 3.65. The molecule has 5 nitrogen and oxygen atoms in total. The minimum Gasteiger partial charge on any atom is -0.455 e. The van der Waals surface area contributed by atoms with E-state index in [1.165, 1.54) is 12.1 Å². The van der Waals surface area contributed by atoms with Gasteiger partial charge in [0.2, 0.25) is 0 Å². The highest BCUT2D eigenvalue weighted by Gasteiger charge is 2.74. The smallest absolute Gasteiger partial charge is 0.416 e. The van der Waals surface area contributed by atoms with Gasteiger partial charge in [-0.15, -0.1) is 0 Å². The van der Waals surface area contributed by atoms with Gasteiger partial charge in [-0.1, -0.05) is 12.1 Å². The van der Waals surface area contributed by atoms with Gasteiger partial charge in [-0.2, -0.15) is 13.2 Å². The van der Waals surface area contributed by atoms with Crippen molar-refractivity contribution in [1.29, 1.82) is 0 Å². The molecule has 1 saturated carbocycles. The van der Waals surface area contributed by atoms with Crippen LogP contribution in [0.4, 0.5) is 13.2 Å². The van der Waals surface area contributed by atoms with Crippen LogP contribution in [-0.4, -0.2) is 22.0 Å². The van der Waals surface area contributed by atoms with Crippen molar-refractivity contribution in [2.45, 2.75) is 50.4 Å². The molecule has 1 aromatic rings. The molecule has 0 heterocycles. The van der Waals surface area contributed by atoms with Crippen LogP contribution in [0, 0.1) is 10.1 Å². The second-order valence-corrected chi connectivity index (χ2v) is 6.56. The normalized spacial score (nSPS) is 24.2. The van der Waals surface area contributed by atoms with Crippen molar-refractivity contribution in [1.82, 2.24) is 0 Å². The van der Waals surface area contributed by atoms with Crippen molar-refractivity contribution in [3.8, 4) is 0 Å². The number of nitro groups is 1. The topological polar surface area (TPSA) is 69.4 Å². The van der Waals surface area contributed by atoms with Crippen molar-refractivity contribution >= 4 is 5.97 Å². The Morgan fingerprint density at radius 2 is 1.78 bits per heavy atom. The standard InChI is InChI=1S/C15H16F3NO4/c1-13(2,3)23-12(20)14(19(21)22)8-11(14)9-4-6-10(7-5-9)15(16,17)18/h4-7,11H,8H2,1-3H3/t11-,14-/m0/s1. The zero-order valence-electron chi connectivity index (χ0n) is 12.8. The van der Waals surface area contributed by atoms with Crippen LogP contribution >= 0.6 is 0 Å². The number of carbonyl (C=O) groups is 1. The van der Waals surface area contributed by atoms with Crippen molar-refractivity contribution in [2.75, 3.05) is 0 Å². The van der Waals surface area contributed by atoms with E-state index in [-0.39, 0.29) is 6.42 Å². The third kappa shape index (κ3) is 3.30. The quantitative estimate of drug-likeness (QED) is 0.482. The van der Waals surface area contributed by atoms with Gasteiger partial charge in [0.05, 0.1) is 11.5 Å². The monoisotopic (exact) mass is 331 g/mol. The van der Waals surface area contributed by atoms with Crippen LogP contribution < -0.4 is 0 Å².